The minimum Gasteiger partial charge on any atom is -0.224 e. The first-order valence-corrected chi connectivity index (χ1v) is 7.24. The van der Waals surface area contributed by atoms with Crippen LogP contribution in [0.4, 0.5) is 0 Å². The number of hydrogen-bond donors (Lipinski definition) is 0. The Morgan fingerprint density at radius 3 is 2.18 bits per heavy atom. The van der Waals surface area contributed by atoms with Gasteiger partial charge in [0.1, 0.15) is 0 Å². The summed E-state index contributed by atoms with van der Waals surface area (Å²) in [6.45, 7) is 1.98. The van der Waals surface area contributed by atoms with Crippen LogP contribution >= 0.6 is 0 Å². The SMILES string of the molecule is Cc1ccc(S(C)(=O)=O)cc1-c1ccccc1. The van der Waals surface area contributed by atoms with Gasteiger partial charge in [-0.15, -0.1) is 0 Å². The van der Waals surface area contributed by atoms with Gasteiger partial charge in [-0.3, -0.25) is 0 Å². The Morgan fingerprint density at radius 2 is 1.59 bits per heavy atom. The zero-order valence-electron chi connectivity index (χ0n) is 9.84. The van der Waals surface area contributed by atoms with Crippen LogP contribution in [0.5, 0.6) is 0 Å². The lowest BCUT2D eigenvalue weighted by molar-refractivity contribution is 0.602. The highest BCUT2D eigenvalue weighted by Gasteiger charge is 2.10. The van der Waals surface area contributed by atoms with Crippen molar-refractivity contribution in [3.8, 4) is 11.1 Å². The second-order valence-corrected chi connectivity index (χ2v) is 6.13. The van der Waals surface area contributed by atoms with Gasteiger partial charge in [0.25, 0.3) is 0 Å². The van der Waals surface area contributed by atoms with E-state index in [1.807, 2.05) is 43.3 Å². The van der Waals surface area contributed by atoms with Crippen molar-refractivity contribution in [2.75, 3.05) is 6.26 Å². The third kappa shape index (κ3) is 2.56. The van der Waals surface area contributed by atoms with Crippen LogP contribution in [0.2, 0.25) is 0 Å². The van der Waals surface area contributed by atoms with Crippen molar-refractivity contribution in [1.82, 2.24) is 0 Å². The van der Waals surface area contributed by atoms with E-state index in [4.69, 9.17) is 0 Å². The molecule has 0 radical (unpaired) electrons. The van der Waals surface area contributed by atoms with Crippen molar-refractivity contribution in [3.63, 3.8) is 0 Å². The lowest BCUT2D eigenvalue weighted by atomic mass is 10.0. The molecule has 17 heavy (non-hydrogen) atoms. The fourth-order valence-corrected chi connectivity index (χ4v) is 2.41. The number of aryl methyl sites for hydroxylation is 1. The van der Waals surface area contributed by atoms with Gasteiger partial charge in [0, 0.05) is 6.26 Å². The van der Waals surface area contributed by atoms with Gasteiger partial charge in [0.2, 0.25) is 0 Å². The molecule has 2 aromatic carbocycles. The van der Waals surface area contributed by atoms with E-state index in [1.54, 1.807) is 12.1 Å². The quantitative estimate of drug-likeness (QED) is 0.816. The molecule has 3 heteroatoms. The molecule has 0 saturated heterocycles. The van der Waals surface area contributed by atoms with Gasteiger partial charge in [0.05, 0.1) is 4.90 Å². The summed E-state index contributed by atoms with van der Waals surface area (Å²) in [5, 5.41) is 0. The van der Waals surface area contributed by atoms with Gasteiger partial charge in [-0.1, -0.05) is 36.4 Å². The van der Waals surface area contributed by atoms with Gasteiger partial charge < -0.3 is 0 Å². The molecule has 0 atom stereocenters. The van der Waals surface area contributed by atoms with E-state index in [9.17, 15) is 8.42 Å². The molecule has 0 aromatic heterocycles. The Morgan fingerprint density at radius 1 is 0.941 bits per heavy atom. The second kappa shape index (κ2) is 4.34. The van der Waals surface area contributed by atoms with Gasteiger partial charge in [0.15, 0.2) is 9.84 Å². The summed E-state index contributed by atoms with van der Waals surface area (Å²) in [6, 6.07) is 15.0. The van der Waals surface area contributed by atoms with Gasteiger partial charge in [-0.2, -0.15) is 0 Å². The van der Waals surface area contributed by atoms with E-state index in [1.165, 1.54) is 6.26 Å². The standard InChI is InChI=1S/C14H14O2S/c1-11-8-9-13(17(2,15)16)10-14(11)12-6-4-3-5-7-12/h3-10H,1-2H3. The summed E-state index contributed by atoms with van der Waals surface area (Å²) >= 11 is 0. The lowest BCUT2D eigenvalue weighted by Crippen LogP contribution is -1.98. The summed E-state index contributed by atoms with van der Waals surface area (Å²) < 4.78 is 23.1. The average Bonchev–Trinajstić information content (AvgIpc) is 2.29. The first-order chi connectivity index (χ1) is 7.98. The number of benzene rings is 2. The van der Waals surface area contributed by atoms with Gasteiger partial charge >= 0.3 is 0 Å². The largest absolute Gasteiger partial charge is 0.224 e. The molecule has 0 N–H and O–H groups in total. The second-order valence-electron chi connectivity index (χ2n) is 4.11. The molecule has 88 valence electrons. The molecule has 0 saturated carbocycles. The minimum absolute atomic E-state index is 0.363. The Hall–Kier alpha value is -1.61. The first-order valence-electron chi connectivity index (χ1n) is 5.34. The summed E-state index contributed by atoms with van der Waals surface area (Å²) in [5.41, 5.74) is 3.08. The molecular formula is C14H14O2S. The zero-order chi connectivity index (χ0) is 12.5. The van der Waals surface area contributed by atoms with Crippen LogP contribution in [0.3, 0.4) is 0 Å². The maximum Gasteiger partial charge on any atom is 0.175 e. The maximum atomic E-state index is 11.5. The Labute approximate surface area is 102 Å². The van der Waals surface area contributed by atoms with E-state index in [0.29, 0.717) is 4.90 Å². The van der Waals surface area contributed by atoms with Crippen molar-refractivity contribution in [1.29, 1.82) is 0 Å². The third-order valence-corrected chi connectivity index (χ3v) is 3.83. The molecule has 2 nitrogen and oxygen atoms in total. The zero-order valence-corrected chi connectivity index (χ0v) is 10.7. The van der Waals surface area contributed by atoms with Crippen LogP contribution < -0.4 is 0 Å². The molecule has 0 bridgehead atoms. The first kappa shape index (κ1) is 11.9. The highest BCUT2D eigenvalue weighted by molar-refractivity contribution is 7.90. The summed E-state index contributed by atoms with van der Waals surface area (Å²) in [5.74, 6) is 0. The van der Waals surface area contributed by atoms with Crippen LogP contribution in [-0.4, -0.2) is 14.7 Å². The van der Waals surface area contributed by atoms with Crippen molar-refractivity contribution < 1.29 is 8.42 Å². The van der Waals surface area contributed by atoms with Gasteiger partial charge in [-0.05, 0) is 35.7 Å². The Balaban J connectivity index is 2.63. The number of hydrogen-bond acceptors (Lipinski definition) is 2. The minimum atomic E-state index is -3.15. The van der Waals surface area contributed by atoms with Crippen LogP contribution in [0.25, 0.3) is 11.1 Å². The van der Waals surface area contributed by atoms with E-state index >= 15 is 0 Å². The van der Waals surface area contributed by atoms with Crippen molar-refractivity contribution in [2.24, 2.45) is 0 Å². The fraction of sp³-hybridized carbons (Fsp3) is 0.143. The summed E-state index contributed by atoms with van der Waals surface area (Å²) in [4.78, 5) is 0.363. The molecule has 0 heterocycles. The predicted octanol–water partition coefficient (Wildman–Crippen LogP) is 3.07. The van der Waals surface area contributed by atoms with Crippen LogP contribution in [0.1, 0.15) is 5.56 Å². The number of sulfone groups is 1. The maximum absolute atomic E-state index is 11.5. The Bertz CT molecular complexity index is 629. The average molecular weight is 246 g/mol. The fourth-order valence-electron chi connectivity index (χ4n) is 1.76. The predicted molar refractivity (Wildman–Crippen MR) is 69.7 cm³/mol. The van der Waals surface area contributed by atoms with Crippen LogP contribution in [0, 0.1) is 6.92 Å². The van der Waals surface area contributed by atoms with E-state index in [0.717, 1.165) is 16.7 Å². The molecule has 0 aliphatic carbocycles. The highest BCUT2D eigenvalue weighted by Crippen LogP contribution is 2.25. The molecular weight excluding hydrogens is 232 g/mol. The van der Waals surface area contributed by atoms with Crippen LogP contribution in [0.15, 0.2) is 53.4 Å². The van der Waals surface area contributed by atoms with Crippen molar-refractivity contribution in [2.45, 2.75) is 11.8 Å². The summed E-state index contributed by atoms with van der Waals surface area (Å²) in [6.07, 6.45) is 1.23. The molecule has 0 fully saturated rings. The van der Waals surface area contributed by atoms with Crippen LogP contribution in [-0.2, 0) is 9.84 Å². The molecule has 0 aliphatic heterocycles. The molecule has 0 spiro atoms. The van der Waals surface area contributed by atoms with E-state index in [-0.39, 0.29) is 0 Å². The highest BCUT2D eigenvalue weighted by atomic mass is 32.2. The monoisotopic (exact) mass is 246 g/mol. The molecule has 2 aromatic rings. The molecule has 2 rings (SSSR count). The third-order valence-electron chi connectivity index (χ3n) is 2.72. The van der Waals surface area contributed by atoms with Gasteiger partial charge in [-0.25, -0.2) is 8.42 Å². The molecule has 0 amide bonds. The summed E-state index contributed by atoms with van der Waals surface area (Å²) in [7, 11) is -3.15. The Kier molecular flexibility index (Phi) is 3.03. The number of rotatable bonds is 2. The van der Waals surface area contributed by atoms with E-state index < -0.39 is 9.84 Å². The van der Waals surface area contributed by atoms with Crippen molar-refractivity contribution in [3.05, 3.63) is 54.1 Å². The smallest absolute Gasteiger partial charge is 0.175 e. The van der Waals surface area contributed by atoms with E-state index in [2.05, 4.69) is 0 Å². The normalized spacial score (nSPS) is 11.4. The lowest BCUT2D eigenvalue weighted by Gasteiger charge is -2.08. The topological polar surface area (TPSA) is 34.1 Å². The van der Waals surface area contributed by atoms with Crippen molar-refractivity contribution >= 4 is 9.84 Å². The molecule has 0 unspecified atom stereocenters. The molecule has 0 aliphatic rings.